The van der Waals surface area contributed by atoms with Gasteiger partial charge in [-0.25, -0.2) is 0 Å². The highest BCUT2D eigenvalue weighted by atomic mass is 16.3. The summed E-state index contributed by atoms with van der Waals surface area (Å²) in [6.07, 6.45) is 64.4. The van der Waals surface area contributed by atoms with Crippen LogP contribution in [0.4, 0.5) is 0 Å². The van der Waals surface area contributed by atoms with Gasteiger partial charge in [-0.15, -0.1) is 0 Å². The van der Waals surface area contributed by atoms with E-state index in [0.717, 1.165) is 32.1 Å². The van der Waals surface area contributed by atoms with E-state index in [0.29, 0.717) is 6.42 Å². The summed E-state index contributed by atoms with van der Waals surface area (Å²) >= 11 is 0. The third kappa shape index (κ3) is 43.7. The van der Waals surface area contributed by atoms with Crippen LogP contribution < -0.4 is 5.32 Å². The summed E-state index contributed by atoms with van der Waals surface area (Å²) in [5, 5.41) is 22.9. The number of carbonyl (C=O) groups excluding carboxylic acids is 1. The second-order valence-corrected chi connectivity index (χ2v) is 17.2. The lowest BCUT2D eigenvalue weighted by Crippen LogP contribution is -2.45. The first-order chi connectivity index (χ1) is 27.7. The van der Waals surface area contributed by atoms with Crippen LogP contribution in [0.1, 0.15) is 271 Å². The van der Waals surface area contributed by atoms with Crippen LogP contribution in [0, 0.1) is 0 Å². The summed E-state index contributed by atoms with van der Waals surface area (Å²) < 4.78 is 0. The maximum Gasteiger partial charge on any atom is 0.220 e. The molecule has 0 aliphatic carbocycles. The third-order valence-electron chi connectivity index (χ3n) is 11.6. The van der Waals surface area contributed by atoms with E-state index < -0.39 is 12.1 Å². The number of nitrogens with one attached hydrogen (secondary N) is 1. The largest absolute Gasteiger partial charge is 0.394 e. The molecule has 2 atom stereocenters. The maximum atomic E-state index is 12.4. The van der Waals surface area contributed by atoms with Crippen LogP contribution in [0.3, 0.4) is 0 Å². The van der Waals surface area contributed by atoms with Gasteiger partial charge in [-0.3, -0.25) is 4.79 Å². The molecule has 0 aromatic heterocycles. The fourth-order valence-electron chi connectivity index (χ4n) is 7.72. The monoisotopic (exact) mass is 786 g/mol. The molecule has 1 amide bonds. The summed E-state index contributed by atoms with van der Waals surface area (Å²) in [4.78, 5) is 12.4. The van der Waals surface area contributed by atoms with Crippen LogP contribution in [0.15, 0.2) is 36.5 Å². The van der Waals surface area contributed by atoms with Crippen LogP contribution in [-0.4, -0.2) is 34.9 Å². The number of aliphatic hydroxyl groups excluding tert-OH is 2. The van der Waals surface area contributed by atoms with Crippen LogP contribution in [-0.2, 0) is 4.79 Å². The normalized spacial score (nSPS) is 13.1. The minimum atomic E-state index is -0.858. The lowest BCUT2D eigenvalue weighted by Gasteiger charge is -2.19. The van der Waals surface area contributed by atoms with Crippen molar-refractivity contribution >= 4 is 5.91 Å². The second-order valence-electron chi connectivity index (χ2n) is 17.2. The van der Waals surface area contributed by atoms with Gasteiger partial charge in [0.1, 0.15) is 0 Å². The van der Waals surface area contributed by atoms with Crippen LogP contribution in [0.2, 0.25) is 0 Å². The quantitative estimate of drug-likeness (QED) is 0.0425. The molecule has 330 valence electrons. The summed E-state index contributed by atoms with van der Waals surface area (Å²) in [6.45, 7) is 4.28. The van der Waals surface area contributed by atoms with Gasteiger partial charge >= 0.3 is 0 Å². The first-order valence-electron chi connectivity index (χ1n) is 25.2. The van der Waals surface area contributed by atoms with Crippen LogP contribution in [0.25, 0.3) is 0 Å². The molecular formula is C52H99NO3. The molecule has 56 heavy (non-hydrogen) atoms. The molecule has 0 saturated heterocycles. The highest BCUT2D eigenvalue weighted by Crippen LogP contribution is 2.16. The average molecular weight is 786 g/mol. The lowest BCUT2D eigenvalue weighted by molar-refractivity contribution is -0.123. The molecule has 4 heteroatoms. The van der Waals surface area contributed by atoms with Gasteiger partial charge in [0, 0.05) is 6.42 Å². The topological polar surface area (TPSA) is 69.6 Å². The second kappa shape index (κ2) is 48.0. The fraction of sp³-hybridized carbons (Fsp3) is 0.865. The van der Waals surface area contributed by atoms with E-state index in [1.807, 2.05) is 6.08 Å². The van der Waals surface area contributed by atoms with Gasteiger partial charge in [0.25, 0.3) is 0 Å². The Morgan fingerprint density at radius 2 is 0.696 bits per heavy atom. The number of hydrogen-bond acceptors (Lipinski definition) is 3. The van der Waals surface area contributed by atoms with Gasteiger partial charge in [0.15, 0.2) is 0 Å². The van der Waals surface area contributed by atoms with Crippen LogP contribution >= 0.6 is 0 Å². The Labute approximate surface area is 351 Å². The highest BCUT2D eigenvalue weighted by molar-refractivity contribution is 5.76. The van der Waals surface area contributed by atoms with Gasteiger partial charge in [0.05, 0.1) is 18.8 Å². The summed E-state index contributed by atoms with van der Waals surface area (Å²) in [6, 6.07) is -0.635. The summed E-state index contributed by atoms with van der Waals surface area (Å²) in [5.74, 6) is -0.0718. The lowest BCUT2D eigenvalue weighted by atomic mass is 10.0. The molecule has 0 aromatic rings. The molecule has 0 aliphatic rings. The van der Waals surface area contributed by atoms with E-state index in [9.17, 15) is 15.0 Å². The first-order valence-corrected chi connectivity index (χ1v) is 25.2. The molecule has 0 aliphatic heterocycles. The molecule has 0 heterocycles. The molecule has 3 N–H and O–H groups in total. The number of carbonyl (C=O) groups is 1. The van der Waals surface area contributed by atoms with Crippen molar-refractivity contribution in [1.82, 2.24) is 5.32 Å². The number of aliphatic hydroxyl groups is 2. The molecule has 0 aromatic carbocycles. The molecule has 2 unspecified atom stereocenters. The van der Waals surface area contributed by atoms with Crippen molar-refractivity contribution in [2.75, 3.05) is 6.61 Å². The molecule has 0 radical (unpaired) electrons. The zero-order valence-corrected chi connectivity index (χ0v) is 37.9. The maximum absolute atomic E-state index is 12.4. The van der Waals surface area contributed by atoms with E-state index in [1.165, 1.54) is 218 Å². The van der Waals surface area contributed by atoms with E-state index in [-0.39, 0.29) is 12.5 Å². The molecule has 0 rings (SSSR count). The van der Waals surface area contributed by atoms with E-state index in [2.05, 4.69) is 43.5 Å². The Morgan fingerprint density at radius 3 is 1.04 bits per heavy atom. The van der Waals surface area contributed by atoms with E-state index in [4.69, 9.17) is 0 Å². The van der Waals surface area contributed by atoms with Crippen molar-refractivity contribution in [1.29, 1.82) is 0 Å². The fourth-order valence-corrected chi connectivity index (χ4v) is 7.72. The van der Waals surface area contributed by atoms with Gasteiger partial charge in [-0.2, -0.15) is 0 Å². The van der Waals surface area contributed by atoms with Gasteiger partial charge in [-0.05, 0) is 57.8 Å². The molecule has 0 fully saturated rings. The molecular weight excluding hydrogens is 687 g/mol. The minimum Gasteiger partial charge on any atom is -0.394 e. The van der Waals surface area contributed by atoms with Crippen molar-refractivity contribution in [3.63, 3.8) is 0 Å². The number of allylic oxidation sites excluding steroid dienone is 5. The number of amides is 1. The summed E-state index contributed by atoms with van der Waals surface area (Å²) in [7, 11) is 0. The highest BCUT2D eigenvalue weighted by Gasteiger charge is 2.17. The summed E-state index contributed by atoms with van der Waals surface area (Å²) in [5.41, 5.74) is 0. The predicted molar refractivity (Wildman–Crippen MR) is 248 cm³/mol. The van der Waals surface area contributed by atoms with Gasteiger partial charge in [0.2, 0.25) is 5.91 Å². The number of rotatable bonds is 46. The van der Waals surface area contributed by atoms with Gasteiger partial charge < -0.3 is 15.5 Å². The van der Waals surface area contributed by atoms with Crippen LogP contribution in [0.5, 0.6) is 0 Å². The molecule has 0 saturated carbocycles. The Bertz CT molecular complexity index is 851. The zero-order valence-electron chi connectivity index (χ0n) is 37.9. The van der Waals surface area contributed by atoms with E-state index in [1.54, 1.807) is 6.08 Å². The third-order valence-corrected chi connectivity index (χ3v) is 11.6. The van der Waals surface area contributed by atoms with Crippen molar-refractivity contribution in [3.05, 3.63) is 36.5 Å². The standard InChI is InChI=1S/C52H99NO3/c1-3-5-7-9-11-13-15-16-17-18-19-20-21-22-23-24-25-26-27-28-29-30-31-32-33-34-35-36-38-40-42-44-46-48-52(56)53-50(49-54)51(55)47-45-43-41-39-37-14-12-10-8-6-4-2/h18-19,37,39,45,47,50-51,54-55H,3-17,20-36,38,40-44,46,48-49H2,1-2H3,(H,53,56)/b19-18-,39-37+,47-45+. The minimum absolute atomic E-state index is 0.0718. The SMILES string of the molecule is CCCCCCC/C=C/CC/C=C/C(O)C(CO)NC(=O)CCCCCCCCCCCCCCCCCCCCCCC/C=C\CCCCCCCCCC. The van der Waals surface area contributed by atoms with Crippen molar-refractivity contribution in [2.45, 2.75) is 283 Å². The molecule has 4 nitrogen and oxygen atoms in total. The Balaban J connectivity index is 3.41. The Morgan fingerprint density at radius 1 is 0.411 bits per heavy atom. The Kier molecular flexibility index (Phi) is 46.8. The van der Waals surface area contributed by atoms with Crippen molar-refractivity contribution in [3.8, 4) is 0 Å². The van der Waals surface area contributed by atoms with E-state index >= 15 is 0 Å². The first kappa shape index (κ1) is 54.6. The number of hydrogen-bond donors (Lipinski definition) is 3. The molecule has 0 spiro atoms. The number of unbranched alkanes of at least 4 members (excludes halogenated alkanes) is 35. The smallest absolute Gasteiger partial charge is 0.220 e. The van der Waals surface area contributed by atoms with Gasteiger partial charge in [-0.1, -0.05) is 243 Å². The zero-order chi connectivity index (χ0) is 40.7. The molecule has 0 bridgehead atoms. The van der Waals surface area contributed by atoms with Crippen molar-refractivity contribution < 1.29 is 15.0 Å². The predicted octanol–water partition coefficient (Wildman–Crippen LogP) is 16.1. The van der Waals surface area contributed by atoms with Crippen molar-refractivity contribution in [2.24, 2.45) is 0 Å². The average Bonchev–Trinajstić information content (AvgIpc) is 3.20. The Hall–Kier alpha value is -1.39.